The number of benzene rings is 4. The first-order valence-corrected chi connectivity index (χ1v) is 11.9. The molecule has 4 aromatic rings. The van der Waals surface area contributed by atoms with Crippen LogP contribution in [0.25, 0.3) is 16.8 Å². The lowest BCUT2D eigenvalue weighted by molar-refractivity contribution is -0.112. The van der Waals surface area contributed by atoms with Crippen LogP contribution in [0.4, 0.5) is 5.69 Å². The molecule has 5 nitrogen and oxygen atoms in total. The summed E-state index contributed by atoms with van der Waals surface area (Å²) in [5.41, 5.74) is 2.27. The molecule has 0 fully saturated rings. The van der Waals surface area contributed by atoms with Gasteiger partial charge in [-0.1, -0.05) is 54.6 Å². The van der Waals surface area contributed by atoms with Crippen molar-refractivity contribution in [3.05, 3.63) is 106 Å². The molecule has 0 saturated carbocycles. The molecule has 0 spiro atoms. The van der Waals surface area contributed by atoms with Crippen LogP contribution in [0.3, 0.4) is 0 Å². The molecule has 0 unspecified atom stereocenters. The van der Waals surface area contributed by atoms with Crippen LogP contribution in [0.15, 0.2) is 95.0 Å². The van der Waals surface area contributed by atoms with Gasteiger partial charge in [0, 0.05) is 5.69 Å². The Balaban J connectivity index is 1.56. The molecule has 0 aliphatic carbocycles. The van der Waals surface area contributed by atoms with Crippen LogP contribution in [-0.4, -0.2) is 12.5 Å². The van der Waals surface area contributed by atoms with Gasteiger partial charge >= 0.3 is 0 Å². The SMILES string of the molecule is CCOc1cc(/C=C(\C#N)C(=O)Nc2ccccc2)cc(Br)c1OCc1ccc2ccccc2c1. The van der Waals surface area contributed by atoms with Crippen molar-refractivity contribution in [2.75, 3.05) is 11.9 Å². The number of hydrogen-bond donors (Lipinski definition) is 1. The summed E-state index contributed by atoms with van der Waals surface area (Å²) in [6, 6.07) is 28.9. The first-order valence-electron chi connectivity index (χ1n) is 11.1. The fourth-order valence-corrected chi connectivity index (χ4v) is 4.17. The maximum absolute atomic E-state index is 12.6. The second-order valence-electron chi connectivity index (χ2n) is 7.72. The third-order valence-corrected chi connectivity index (χ3v) is 5.83. The number of carbonyl (C=O) groups excluding carboxylic acids is 1. The smallest absolute Gasteiger partial charge is 0.266 e. The number of para-hydroxylation sites is 1. The van der Waals surface area contributed by atoms with Crippen molar-refractivity contribution >= 4 is 44.4 Å². The first kappa shape index (κ1) is 24.1. The quantitative estimate of drug-likeness (QED) is 0.196. The van der Waals surface area contributed by atoms with Crippen molar-refractivity contribution in [3.8, 4) is 17.6 Å². The molecule has 0 saturated heterocycles. The Morgan fingerprint density at radius 2 is 1.71 bits per heavy atom. The summed E-state index contributed by atoms with van der Waals surface area (Å²) in [4.78, 5) is 12.6. The van der Waals surface area contributed by atoms with E-state index >= 15 is 0 Å². The molecule has 6 heteroatoms. The summed E-state index contributed by atoms with van der Waals surface area (Å²) < 4.78 is 12.6. The number of hydrogen-bond acceptors (Lipinski definition) is 4. The number of amides is 1. The van der Waals surface area contributed by atoms with E-state index in [4.69, 9.17) is 9.47 Å². The fourth-order valence-electron chi connectivity index (χ4n) is 3.59. The molecule has 0 aliphatic rings. The number of fused-ring (bicyclic) bond motifs is 1. The van der Waals surface area contributed by atoms with E-state index in [9.17, 15) is 10.1 Å². The number of anilines is 1. The summed E-state index contributed by atoms with van der Waals surface area (Å²) in [5, 5.41) is 14.6. The van der Waals surface area contributed by atoms with E-state index in [0.717, 1.165) is 10.9 Å². The largest absolute Gasteiger partial charge is 0.490 e. The number of carbonyl (C=O) groups is 1. The van der Waals surface area contributed by atoms with Gasteiger partial charge in [-0.05, 0) is 81.2 Å². The Morgan fingerprint density at radius 1 is 0.971 bits per heavy atom. The predicted octanol–water partition coefficient (Wildman–Crippen LogP) is 7.13. The van der Waals surface area contributed by atoms with E-state index in [2.05, 4.69) is 45.5 Å². The van der Waals surface area contributed by atoms with Crippen LogP contribution < -0.4 is 14.8 Å². The van der Waals surface area contributed by atoms with Crippen molar-refractivity contribution in [1.29, 1.82) is 5.26 Å². The topological polar surface area (TPSA) is 71.3 Å². The van der Waals surface area contributed by atoms with E-state index in [1.54, 1.807) is 24.3 Å². The van der Waals surface area contributed by atoms with Crippen LogP contribution in [-0.2, 0) is 11.4 Å². The van der Waals surface area contributed by atoms with Crippen molar-refractivity contribution < 1.29 is 14.3 Å². The third kappa shape index (κ3) is 6.08. The number of halogens is 1. The van der Waals surface area contributed by atoms with Gasteiger partial charge in [-0.15, -0.1) is 0 Å². The maximum atomic E-state index is 12.6. The summed E-state index contributed by atoms with van der Waals surface area (Å²) in [7, 11) is 0. The second-order valence-corrected chi connectivity index (χ2v) is 8.58. The number of ether oxygens (including phenoxy) is 2. The molecule has 35 heavy (non-hydrogen) atoms. The Bertz CT molecular complexity index is 1430. The average molecular weight is 527 g/mol. The van der Waals surface area contributed by atoms with Gasteiger partial charge in [-0.2, -0.15) is 5.26 Å². The van der Waals surface area contributed by atoms with E-state index in [-0.39, 0.29) is 5.57 Å². The molecule has 4 rings (SSSR count). The molecule has 0 radical (unpaired) electrons. The molecule has 1 N–H and O–H groups in total. The van der Waals surface area contributed by atoms with E-state index in [1.165, 1.54) is 11.5 Å². The molecular formula is C29H23BrN2O3. The third-order valence-electron chi connectivity index (χ3n) is 5.24. The number of nitrogens with one attached hydrogen (secondary N) is 1. The summed E-state index contributed by atoms with van der Waals surface area (Å²) in [6.07, 6.45) is 1.53. The Labute approximate surface area is 212 Å². The van der Waals surface area contributed by atoms with Crippen molar-refractivity contribution in [1.82, 2.24) is 0 Å². The van der Waals surface area contributed by atoms with Gasteiger partial charge in [-0.25, -0.2) is 0 Å². The zero-order valence-electron chi connectivity index (χ0n) is 19.1. The second kappa shape index (κ2) is 11.4. The number of nitriles is 1. The zero-order valence-corrected chi connectivity index (χ0v) is 20.7. The van der Waals surface area contributed by atoms with Gasteiger partial charge in [0.15, 0.2) is 11.5 Å². The maximum Gasteiger partial charge on any atom is 0.266 e. The van der Waals surface area contributed by atoms with Gasteiger partial charge in [0.1, 0.15) is 18.2 Å². The normalized spacial score (nSPS) is 11.1. The lowest BCUT2D eigenvalue weighted by Crippen LogP contribution is -2.13. The van der Waals surface area contributed by atoms with Crippen LogP contribution >= 0.6 is 15.9 Å². The molecule has 174 valence electrons. The molecule has 0 bridgehead atoms. The molecule has 0 aliphatic heterocycles. The minimum absolute atomic E-state index is 0.0203. The minimum Gasteiger partial charge on any atom is -0.490 e. The van der Waals surface area contributed by atoms with Crippen LogP contribution in [0.5, 0.6) is 11.5 Å². The van der Waals surface area contributed by atoms with Gasteiger partial charge in [0.05, 0.1) is 11.1 Å². The molecule has 0 heterocycles. The lowest BCUT2D eigenvalue weighted by atomic mass is 10.1. The number of nitrogens with zero attached hydrogens (tertiary/aromatic N) is 1. The fraction of sp³-hybridized carbons (Fsp3) is 0.103. The predicted molar refractivity (Wildman–Crippen MR) is 142 cm³/mol. The highest BCUT2D eigenvalue weighted by atomic mass is 79.9. The monoisotopic (exact) mass is 526 g/mol. The van der Waals surface area contributed by atoms with E-state index in [0.29, 0.717) is 40.4 Å². The first-order chi connectivity index (χ1) is 17.1. The zero-order chi connectivity index (χ0) is 24.6. The standard InChI is InChI=1S/C29H23BrN2O3/c1-2-34-27-17-21(15-24(18-31)29(33)32-25-10-4-3-5-11-25)16-26(30)28(27)35-19-20-12-13-22-8-6-7-9-23(22)14-20/h3-17H,2,19H2,1H3,(H,32,33)/b24-15+. The lowest BCUT2D eigenvalue weighted by Gasteiger charge is -2.15. The Kier molecular flexibility index (Phi) is 7.81. The summed E-state index contributed by atoms with van der Waals surface area (Å²) in [5.74, 6) is 0.600. The van der Waals surface area contributed by atoms with Crippen LogP contribution in [0.1, 0.15) is 18.1 Å². The molecule has 1 amide bonds. The molecule has 0 atom stereocenters. The Morgan fingerprint density at radius 3 is 2.46 bits per heavy atom. The van der Waals surface area contributed by atoms with Gasteiger partial charge < -0.3 is 14.8 Å². The highest BCUT2D eigenvalue weighted by molar-refractivity contribution is 9.10. The van der Waals surface area contributed by atoms with E-state index < -0.39 is 5.91 Å². The molecular weight excluding hydrogens is 504 g/mol. The van der Waals surface area contributed by atoms with Crippen LogP contribution in [0.2, 0.25) is 0 Å². The van der Waals surface area contributed by atoms with Crippen LogP contribution in [0, 0.1) is 11.3 Å². The highest BCUT2D eigenvalue weighted by Gasteiger charge is 2.15. The average Bonchev–Trinajstić information content (AvgIpc) is 2.87. The minimum atomic E-state index is -0.482. The number of rotatable bonds is 8. The van der Waals surface area contributed by atoms with Crippen molar-refractivity contribution in [2.45, 2.75) is 13.5 Å². The van der Waals surface area contributed by atoms with Gasteiger partial charge in [0.25, 0.3) is 5.91 Å². The van der Waals surface area contributed by atoms with Crippen molar-refractivity contribution in [2.24, 2.45) is 0 Å². The van der Waals surface area contributed by atoms with Gasteiger partial charge in [-0.3, -0.25) is 4.79 Å². The summed E-state index contributed by atoms with van der Waals surface area (Å²) in [6.45, 7) is 2.69. The van der Waals surface area contributed by atoms with Gasteiger partial charge in [0.2, 0.25) is 0 Å². The highest BCUT2D eigenvalue weighted by Crippen LogP contribution is 2.38. The van der Waals surface area contributed by atoms with Crippen molar-refractivity contribution in [3.63, 3.8) is 0 Å². The molecule has 4 aromatic carbocycles. The summed E-state index contributed by atoms with van der Waals surface area (Å²) >= 11 is 3.57. The van der Waals surface area contributed by atoms with E-state index in [1.807, 2.05) is 49.4 Å². The Hall–Kier alpha value is -4.08. The molecule has 0 aromatic heterocycles.